The number of carbonyl (C=O) groups is 1. The molecule has 6 rings (SSSR count). The summed E-state index contributed by atoms with van der Waals surface area (Å²) in [5, 5.41) is 6.63. The first-order chi connectivity index (χ1) is 23.6. The Kier molecular flexibility index (Phi) is 9.73. The summed E-state index contributed by atoms with van der Waals surface area (Å²) in [7, 11) is 2.98. The van der Waals surface area contributed by atoms with Crippen molar-refractivity contribution in [2.45, 2.75) is 25.4 Å². The summed E-state index contributed by atoms with van der Waals surface area (Å²) >= 11 is 0. The number of hydrogen-bond acceptors (Lipinski definition) is 9. The van der Waals surface area contributed by atoms with E-state index >= 15 is 0 Å². The molecule has 254 valence electrons. The molecule has 2 aliphatic rings. The van der Waals surface area contributed by atoms with Gasteiger partial charge in [0.1, 0.15) is 35.3 Å². The molecule has 11 nitrogen and oxygen atoms in total. The Morgan fingerprint density at radius 2 is 1.76 bits per heavy atom. The Morgan fingerprint density at radius 3 is 2.41 bits per heavy atom. The Bertz CT molecular complexity index is 1950. The van der Waals surface area contributed by atoms with Gasteiger partial charge in [-0.2, -0.15) is 0 Å². The molecule has 3 aromatic carbocycles. The molecule has 3 heterocycles. The van der Waals surface area contributed by atoms with Crippen molar-refractivity contribution in [3.05, 3.63) is 89.7 Å². The molecule has 2 aliphatic heterocycles. The normalized spacial score (nSPS) is 16.1. The van der Waals surface area contributed by atoms with E-state index in [0.29, 0.717) is 51.2 Å². The SMILES string of the molecule is [C-]#[N+]/C(=C/C(C)(C)N1CCN(C2COC2)CC1)C(=O)Nc1cc2c(Nc3cc(-c4ccc(F)cc4F)ccc3OC)ncnc2cc1OC. The average Bonchev–Trinajstić information content (AvgIpc) is 3.06. The van der Waals surface area contributed by atoms with Gasteiger partial charge in [-0.15, -0.1) is 0 Å². The summed E-state index contributed by atoms with van der Waals surface area (Å²) in [5.41, 5.74) is 1.42. The number of halogens is 2. The van der Waals surface area contributed by atoms with Gasteiger partial charge in [-0.25, -0.2) is 23.6 Å². The van der Waals surface area contributed by atoms with Crippen LogP contribution in [0.1, 0.15) is 13.8 Å². The van der Waals surface area contributed by atoms with Gasteiger partial charge in [0.2, 0.25) is 5.70 Å². The molecule has 0 spiro atoms. The van der Waals surface area contributed by atoms with Gasteiger partial charge in [0.05, 0.1) is 56.9 Å². The maximum absolute atomic E-state index is 14.6. The summed E-state index contributed by atoms with van der Waals surface area (Å²) < 4.78 is 44.7. The number of benzene rings is 3. The van der Waals surface area contributed by atoms with E-state index in [4.69, 9.17) is 20.8 Å². The van der Waals surface area contributed by atoms with Crippen LogP contribution in [0.25, 0.3) is 26.9 Å². The highest BCUT2D eigenvalue weighted by atomic mass is 19.1. The molecule has 0 unspecified atom stereocenters. The maximum Gasteiger partial charge on any atom is 0.254 e. The molecule has 4 aromatic rings. The molecular weight excluding hydrogens is 632 g/mol. The number of fused-ring (bicyclic) bond motifs is 1. The van der Waals surface area contributed by atoms with Crippen LogP contribution in [0.3, 0.4) is 0 Å². The molecule has 0 bridgehead atoms. The fourth-order valence-corrected chi connectivity index (χ4v) is 6.13. The highest BCUT2D eigenvalue weighted by Gasteiger charge is 2.34. The molecule has 0 atom stereocenters. The van der Waals surface area contributed by atoms with Gasteiger partial charge >= 0.3 is 0 Å². The zero-order valence-corrected chi connectivity index (χ0v) is 27.7. The number of rotatable bonds is 10. The topological polar surface area (TPSA) is 105 Å². The first kappa shape index (κ1) is 33.7. The Labute approximate surface area is 283 Å². The van der Waals surface area contributed by atoms with E-state index in [1.165, 1.54) is 32.7 Å². The smallest absolute Gasteiger partial charge is 0.254 e. The molecule has 0 radical (unpaired) electrons. The molecule has 2 fully saturated rings. The molecule has 49 heavy (non-hydrogen) atoms. The van der Waals surface area contributed by atoms with E-state index < -0.39 is 23.1 Å². The summed E-state index contributed by atoms with van der Waals surface area (Å²) in [4.78, 5) is 30.7. The van der Waals surface area contributed by atoms with Crippen LogP contribution in [-0.4, -0.2) is 90.9 Å². The van der Waals surface area contributed by atoms with Crippen molar-refractivity contribution in [3.63, 3.8) is 0 Å². The molecular formula is C36H37F2N7O4. The van der Waals surface area contributed by atoms with Crippen molar-refractivity contribution in [1.29, 1.82) is 0 Å². The fourth-order valence-electron chi connectivity index (χ4n) is 6.13. The lowest BCUT2D eigenvalue weighted by atomic mass is 9.99. The summed E-state index contributed by atoms with van der Waals surface area (Å²) in [6.07, 6.45) is 3.09. The van der Waals surface area contributed by atoms with Gasteiger partial charge in [0, 0.05) is 54.8 Å². The first-order valence-corrected chi connectivity index (χ1v) is 15.8. The lowest BCUT2D eigenvalue weighted by Crippen LogP contribution is -2.59. The number of anilines is 3. The minimum Gasteiger partial charge on any atom is -0.495 e. The van der Waals surface area contributed by atoms with Crippen LogP contribution >= 0.6 is 0 Å². The van der Waals surface area contributed by atoms with Crippen molar-refractivity contribution >= 4 is 34.0 Å². The lowest BCUT2D eigenvalue weighted by molar-refractivity contribution is -0.112. The molecule has 1 amide bonds. The number of carbonyl (C=O) groups excluding carboxylic acids is 1. The van der Waals surface area contributed by atoms with Crippen LogP contribution in [0, 0.1) is 18.2 Å². The number of nitrogens with zero attached hydrogens (tertiary/aromatic N) is 5. The number of hydrogen-bond donors (Lipinski definition) is 2. The van der Waals surface area contributed by atoms with Gasteiger partial charge in [-0.1, -0.05) is 12.1 Å². The zero-order chi connectivity index (χ0) is 34.7. The van der Waals surface area contributed by atoms with E-state index in [1.807, 2.05) is 13.8 Å². The number of methoxy groups -OCH3 is 2. The van der Waals surface area contributed by atoms with E-state index in [0.717, 1.165) is 45.5 Å². The van der Waals surface area contributed by atoms with E-state index in [2.05, 4.69) is 35.2 Å². The number of amides is 1. The van der Waals surface area contributed by atoms with Gasteiger partial charge in [-0.3, -0.25) is 14.6 Å². The minimum atomic E-state index is -0.700. The van der Waals surface area contributed by atoms with Crippen molar-refractivity contribution < 1.29 is 27.8 Å². The van der Waals surface area contributed by atoms with Gasteiger partial charge < -0.3 is 24.8 Å². The van der Waals surface area contributed by atoms with Crippen molar-refractivity contribution in [3.8, 4) is 22.6 Å². The second-order valence-electron chi connectivity index (χ2n) is 12.4. The van der Waals surface area contributed by atoms with Crippen LogP contribution in [0.2, 0.25) is 0 Å². The Balaban J connectivity index is 1.26. The molecule has 13 heteroatoms. The number of aromatic nitrogens is 2. The van der Waals surface area contributed by atoms with Crippen molar-refractivity contribution in [2.24, 2.45) is 0 Å². The molecule has 0 aliphatic carbocycles. The second-order valence-corrected chi connectivity index (χ2v) is 12.4. The Morgan fingerprint density at radius 1 is 1.00 bits per heavy atom. The van der Waals surface area contributed by atoms with Gasteiger partial charge in [0.25, 0.3) is 5.91 Å². The standard InChI is InChI=1S/C36H37F2N7O4/c1-36(2,45-12-10-44(11-13-45)24-19-49-20-24)18-31(39-3)35(46)43-30-16-26-28(17-33(30)48-5)40-21-41-34(26)42-29-14-22(6-9-32(29)47-4)25-8-7-23(37)15-27(25)38/h6-9,14-18,21,24H,10-13,19-20H2,1-2,4-5H3,(H,43,46)(H,40,41,42)/b31-18+. The highest BCUT2D eigenvalue weighted by molar-refractivity contribution is 6.07. The third-order valence-corrected chi connectivity index (χ3v) is 9.01. The summed E-state index contributed by atoms with van der Waals surface area (Å²) in [5.74, 6) is -0.782. The lowest BCUT2D eigenvalue weighted by Gasteiger charge is -2.46. The third-order valence-electron chi connectivity index (χ3n) is 9.01. The summed E-state index contributed by atoms with van der Waals surface area (Å²) in [6, 6.07) is 12.2. The predicted molar refractivity (Wildman–Crippen MR) is 183 cm³/mol. The van der Waals surface area contributed by atoms with E-state index in [1.54, 1.807) is 36.4 Å². The van der Waals surface area contributed by atoms with Gasteiger partial charge in [-0.05, 0) is 49.7 Å². The van der Waals surface area contributed by atoms with Crippen LogP contribution in [0.5, 0.6) is 11.5 Å². The van der Waals surface area contributed by atoms with Crippen LogP contribution in [0.4, 0.5) is 26.0 Å². The monoisotopic (exact) mass is 669 g/mol. The molecule has 1 aromatic heterocycles. The summed E-state index contributed by atoms with van der Waals surface area (Å²) in [6.45, 7) is 16.8. The van der Waals surface area contributed by atoms with Crippen molar-refractivity contribution in [2.75, 3.05) is 64.2 Å². The highest BCUT2D eigenvalue weighted by Crippen LogP contribution is 2.37. The number of piperazine rings is 1. The van der Waals surface area contributed by atoms with E-state index in [9.17, 15) is 13.6 Å². The molecule has 0 saturated carbocycles. The van der Waals surface area contributed by atoms with Gasteiger partial charge in [0.15, 0.2) is 0 Å². The van der Waals surface area contributed by atoms with Crippen LogP contribution in [-0.2, 0) is 9.53 Å². The van der Waals surface area contributed by atoms with Crippen LogP contribution in [0.15, 0.2) is 66.6 Å². The molecule has 2 N–H and O–H groups in total. The average molecular weight is 670 g/mol. The Hall–Kier alpha value is -5.16. The minimum absolute atomic E-state index is 0.0424. The maximum atomic E-state index is 14.6. The van der Waals surface area contributed by atoms with E-state index in [-0.39, 0.29) is 11.3 Å². The van der Waals surface area contributed by atoms with Crippen molar-refractivity contribution in [1.82, 2.24) is 19.8 Å². The molecule has 2 saturated heterocycles. The quantitative estimate of drug-likeness (QED) is 0.158. The largest absolute Gasteiger partial charge is 0.495 e. The third kappa shape index (κ3) is 7.17. The second kappa shape index (κ2) is 14.1. The number of ether oxygens (including phenoxy) is 3. The fraction of sp³-hybridized carbons (Fsp3) is 0.333. The first-order valence-electron chi connectivity index (χ1n) is 15.8. The predicted octanol–water partition coefficient (Wildman–Crippen LogP) is 5.87. The number of nitrogens with one attached hydrogen (secondary N) is 2. The zero-order valence-electron chi connectivity index (χ0n) is 27.7. The van der Waals surface area contributed by atoms with Crippen LogP contribution < -0.4 is 20.1 Å².